The van der Waals surface area contributed by atoms with Crippen LogP contribution in [-0.4, -0.2) is 43.9 Å². The fraction of sp³-hybridized carbons (Fsp3) is 0.625. The van der Waals surface area contributed by atoms with Crippen LogP contribution < -0.4 is 9.64 Å². The fourth-order valence-electron chi connectivity index (χ4n) is 2.98. The number of ether oxygens (including phenoxy) is 1. The summed E-state index contributed by atoms with van der Waals surface area (Å²) in [5.74, 6) is 3.05. The summed E-state index contributed by atoms with van der Waals surface area (Å²) in [4.78, 5) is 11.1. The number of hydrogen-bond donors (Lipinski definition) is 0. The van der Waals surface area contributed by atoms with Gasteiger partial charge in [-0.3, -0.25) is 4.98 Å². The van der Waals surface area contributed by atoms with Crippen LogP contribution in [0.15, 0.2) is 18.7 Å². The highest BCUT2D eigenvalue weighted by Crippen LogP contribution is 2.29. The first-order valence-corrected chi connectivity index (χ1v) is 8.28. The third kappa shape index (κ3) is 3.60. The summed E-state index contributed by atoms with van der Waals surface area (Å²) in [6.07, 6.45) is 7.50. The van der Waals surface area contributed by atoms with E-state index in [-0.39, 0.29) is 6.10 Å². The number of aryl methyl sites for hydroxylation is 1. The highest BCUT2D eigenvalue weighted by Gasteiger charge is 2.25. The SMILES string of the molecule is CCn1cnnc1C1CCN(c2cncc(OC(C)C)n2)CC1. The Morgan fingerprint density at radius 1 is 1.26 bits per heavy atom. The van der Waals surface area contributed by atoms with Crippen molar-refractivity contribution in [3.8, 4) is 5.88 Å². The quantitative estimate of drug-likeness (QED) is 0.843. The van der Waals surface area contributed by atoms with Gasteiger partial charge < -0.3 is 14.2 Å². The van der Waals surface area contributed by atoms with E-state index in [1.54, 1.807) is 6.20 Å². The van der Waals surface area contributed by atoms with Crippen molar-refractivity contribution < 1.29 is 4.74 Å². The molecule has 0 N–H and O–H groups in total. The first kappa shape index (κ1) is 15.7. The minimum Gasteiger partial charge on any atom is -0.474 e. The first-order chi connectivity index (χ1) is 11.2. The van der Waals surface area contributed by atoms with Crippen LogP contribution in [0.1, 0.15) is 45.4 Å². The maximum absolute atomic E-state index is 5.63. The first-order valence-electron chi connectivity index (χ1n) is 8.28. The molecule has 0 aliphatic carbocycles. The van der Waals surface area contributed by atoms with E-state index < -0.39 is 0 Å². The van der Waals surface area contributed by atoms with Crippen molar-refractivity contribution in [3.63, 3.8) is 0 Å². The van der Waals surface area contributed by atoms with Crippen molar-refractivity contribution in [2.75, 3.05) is 18.0 Å². The van der Waals surface area contributed by atoms with Gasteiger partial charge >= 0.3 is 0 Å². The van der Waals surface area contributed by atoms with Gasteiger partial charge in [0, 0.05) is 25.6 Å². The predicted octanol–water partition coefficient (Wildman–Crippen LogP) is 2.26. The van der Waals surface area contributed by atoms with E-state index in [1.807, 2.05) is 26.4 Å². The van der Waals surface area contributed by atoms with Gasteiger partial charge in [0.1, 0.15) is 12.2 Å². The lowest BCUT2D eigenvalue weighted by atomic mass is 9.96. The zero-order valence-electron chi connectivity index (χ0n) is 14.0. The number of anilines is 1. The van der Waals surface area contributed by atoms with Crippen molar-refractivity contribution in [3.05, 3.63) is 24.5 Å². The molecule has 0 radical (unpaired) electrons. The van der Waals surface area contributed by atoms with Gasteiger partial charge in [0.15, 0.2) is 5.82 Å². The van der Waals surface area contributed by atoms with Crippen LogP contribution in [0.2, 0.25) is 0 Å². The summed E-state index contributed by atoms with van der Waals surface area (Å²) in [5.41, 5.74) is 0. The summed E-state index contributed by atoms with van der Waals surface area (Å²) < 4.78 is 7.77. The highest BCUT2D eigenvalue weighted by atomic mass is 16.5. The molecule has 0 aromatic carbocycles. The average molecular weight is 316 g/mol. The molecule has 124 valence electrons. The van der Waals surface area contributed by atoms with Crippen LogP contribution in [0.3, 0.4) is 0 Å². The van der Waals surface area contributed by atoms with E-state index in [9.17, 15) is 0 Å². The number of aromatic nitrogens is 5. The number of rotatable bonds is 5. The molecule has 2 aromatic rings. The van der Waals surface area contributed by atoms with Crippen LogP contribution in [0.25, 0.3) is 0 Å². The smallest absolute Gasteiger partial charge is 0.234 e. The van der Waals surface area contributed by atoms with Crippen LogP contribution in [0.5, 0.6) is 5.88 Å². The van der Waals surface area contributed by atoms with E-state index >= 15 is 0 Å². The number of nitrogens with zero attached hydrogens (tertiary/aromatic N) is 6. The van der Waals surface area contributed by atoms with E-state index in [0.29, 0.717) is 11.8 Å². The van der Waals surface area contributed by atoms with E-state index in [0.717, 1.165) is 44.1 Å². The van der Waals surface area contributed by atoms with Crippen LogP contribution in [0, 0.1) is 0 Å². The molecule has 1 fully saturated rings. The lowest BCUT2D eigenvalue weighted by molar-refractivity contribution is 0.231. The molecule has 0 saturated carbocycles. The third-order valence-corrected chi connectivity index (χ3v) is 4.13. The topological polar surface area (TPSA) is 69.0 Å². The Hall–Kier alpha value is -2.18. The van der Waals surface area contributed by atoms with Crippen molar-refractivity contribution in [2.24, 2.45) is 0 Å². The normalized spacial score (nSPS) is 16.1. The molecule has 0 unspecified atom stereocenters. The van der Waals surface area contributed by atoms with Crippen LogP contribution >= 0.6 is 0 Å². The Morgan fingerprint density at radius 3 is 2.74 bits per heavy atom. The standard InChI is InChI=1S/C16H24N6O/c1-4-21-11-18-20-16(21)13-5-7-22(8-6-13)14-9-17-10-15(19-14)23-12(2)3/h9-13H,4-8H2,1-3H3. The summed E-state index contributed by atoms with van der Waals surface area (Å²) in [7, 11) is 0. The molecule has 1 aliphatic rings. The molecule has 7 nitrogen and oxygen atoms in total. The van der Waals surface area contributed by atoms with Crippen LogP contribution in [-0.2, 0) is 6.54 Å². The monoisotopic (exact) mass is 316 g/mol. The predicted molar refractivity (Wildman–Crippen MR) is 87.7 cm³/mol. The van der Waals surface area contributed by atoms with E-state index in [1.165, 1.54) is 0 Å². The minimum atomic E-state index is 0.102. The molecular weight excluding hydrogens is 292 g/mol. The molecule has 0 amide bonds. The molecule has 1 saturated heterocycles. The molecule has 3 heterocycles. The van der Waals surface area contributed by atoms with Gasteiger partial charge in [-0.05, 0) is 33.6 Å². The highest BCUT2D eigenvalue weighted by molar-refractivity contribution is 5.38. The van der Waals surface area contributed by atoms with Crippen molar-refractivity contribution in [1.82, 2.24) is 24.7 Å². The summed E-state index contributed by atoms with van der Waals surface area (Å²) in [6, 6.07) is 0. The molecule has 1 aliphatic heterocycles. The molecule has 3 rings (SSSR count). The maximum atomic E-state index is 5.63. The number of piperidine rings is 1. The summed E-state index contributed by atoms with van der Waals surface area (Å²) >= 11 is 0. The Bertz CT molecular complexity index is 633. The van der Waals surface area contributed by atoms with E-state index in [4.69, 9.17) is 4.74 Å². The van der Waals surface area contributed by atoms with Crippen LogP contribution in [0.4, 0.5) is 5.82 Å². The number of hydrogen-bond acceptors (Lipinski definition) is 6. The largest absolute Gasteiger partial charge is 0.474 e. The summed E-state index contributed by atoms with van der Waals surface area (Å²) in [5, 5.41) is 8.35. The molecule has 0 bridgehead atoms. The molecule has 7 heteroatoms. The van der Waals surface area contributed by atoms with Gasteiger partial charge in [0.25, 0.3) is 0 Å². The molecule has 0 spiro atoms. The minimum absolute atomic E-state index is 0.102. The van der Waals surface area contributed by atoms with Crippen molar-refractivity contribution in [1.29, 1.82) is 0 Å². The van der Waals surface area contributed by atoms with Gasteiger partial charge in [-0.15, -0.1) is 10.2 Å². The zero-order chi connectivity index (χ0) is 16.2. The zero-order valence-corrected chi connectivity index (χ0v) is 14.0. The Kier molecular flexibility index (Phi) is 4.73. The van der Waals surface area contributed by atoms with Crippen molar-refractivity contribution in [2.45, 2.75) is 52.2 Å². The maximum Gasteiger partial charge on any atom is 0.234 e. The molecule has 23 heavy (non-hydrogen) atoms. The van der Waals surface area contributed by atoms with Gasteiger partial charge in [0.2, 0.25) is 5.88 Å². The molecule has 2 aromatic heterocycles. The van der Waals surface area contributed by atoms with Gasteiger partial charge in [-0.25, -0.2) is 0 Å². The van der Waals surface area contributed by atoms with Gasteiger partial charge in [-0.2, -0.15) is 4.98 Å². The fourth-order valence-corrected chi connectivity index (χ4v) is 2.98. The average Bonchev–Trinajstić information content (AvgIpc) is 3.03. The Labute approximate surface area is 136 Å². The Balaban J connectivity index is 1.65. The van der Waals surface area contributed by atoms with Crippen molar-refractivity contribution >= 4 is 5.82 Å². The molecule has 0 atom stereocenters. The van der Waals surface area contributed by atoms with Gasteiger partial charge in [0.05, 0.1) is 18.5 Å². The second kappa shape index (κ2) is 6.93. The molecular formula is C16H24N6O. The summed E-state index contributed by atoms with van der Waals surface area (Å²) in [6.45, 7) is 8.91. The lowest BCUT2D eigenvalue weighted by Gasteiger charge is -2.32. The second-order valence-electron chi connectivity index (χ2n) is 6.12. The Morgan fingerprint density at radius 2 is 2.04 bits per heavy atom. The van der Waals surface area contributed by atoms with Gasteiger partial charge in [-0.1, -0.05) is 0 Å². The second-order valence-corrected chi connectivity index (χ2v) is 6.12. The lowest BCUT2D eigenvalue weighted by Crippen LogP contribution is -2.34. The van der Waals surface area contributed by atoms with E-state index in [2.05, 4.69) is 36.6 Å². The third-order valence-electron chi connectivity index (χ3n) is 4.13.